The maximum absolute atomic E-state index is 13.3. The van der Waals surface area contributed by atoms with E-state index in [0.29, 0.717) is 11.5 Å². The van der Waals surface area contributed by atoms with Gasteiger partial charge < -0.3 is 191 Å². The Kier molecular flexibility index (Phi) is 39.7. The number of urea groups is 5. The van der Waals surface area contributed by atoms with E-state index in [9.17, 15) is 83.7 Å². The van der Waals surface area contributed by atoms with E-state index in [2.05, 4.69) is 26.0 Å². The number of amides is 15. The van der Waals surface area contributed by atoms with Gasteiger partial charge in [0.25, 0.3) is 29.5 Å². The fourth-order valence-electron chi connectivity index (χ4n) is 16.1. The molecule has 54 heteroatoms. The Labute approximate surface area is 762 Å². The monoisotopic (exact) mass is 1910 g/mol. The summed E-state index contributed by atoms with van der Waals surface area (Å²) in [5.74, 6) is -4.69. The molecule has 0 aromatic heterocycles. The average Bonchev–Trinajstić information content (AvgIpc) is 1.73. The van der Waals surface area contributed by atoms with Crippen LogP contribution in [-0.4, -0.2) is 484 Å². The van der Waals surface area contributed by atoms with Crippen molar-refractivity contribution in [1.29, 1.82) is 0 Å². The summed E-state index contributed by atoms with van der Waals surface area (Å²) in [4.78, 5) is 131. The van der Waals surface area contributed by atoms with Crippen molar-refractivity contribution in [2.45, 2.75) is 308 Å². The molecule has 9 saturated heterocycles. The van der Waals surface area contributed by atoms with Crippen LogP contribution >= 0.6 is 0 Å². The van der Waals surface area contributed by atoms with Crippen LogP contribution in [0.1, 0.15) is 112 Å². The third kappa shape index (κ3) is 25.4. The van der Waals surface area contributed by atoms with E-state index in [1.54, 1.807) is 0 Å². The van der Waals surface area contributed by atoms with Crippen LogP contribution in [0.3, 0.4) is 0 Å². The van der Waals surface area contributed by atoms with Gasteiger partial charge in [0.05, 0.1) is 131 Å². The molecular formula is C78H137N13O41. The predicted octanol–water partition coefficient (Wildman–Crippen LogP) is -11.0. The second-order valence-corrected chi connectivity index (χ2v) is 35.3. The van der Waals surface area contributed by atoms with E-state index >= 15 is 0 Å². The van der Waals surface area contributed by atoms with Crippen molar-refractivity contribution in [2.75, 3.05) is 114 Å². The number of rotatable bonds is 34. The smallest absolute Gasteiger partial charge is 0.331 e. The number of aliphatic hydroxyl groups is 16. The van der Waals surface area contributed by atoms with Crippen molar-refractivity contribution in [1.82, 2.24) is 50.7 Å². The van der Waals surface area contributed by atoms with Gasteiger partial charge in [0.15, 0.2) is 18.9 Å². The van der Waals surface area contributed by atoms with E-state index in [-0.39, 0.29) is 45.7 Å². The fraction of sp³-hybridized carbons (Fsp3) is 0.872. The molecule has 26 N–H and O–H groups in total. The molecule has 9 aliphatic heterocycles. The zero-order valence-electron chi connectivity index (χ0n) is 77.9. The molecule has 132 heavy (non-hydrogen) atoms. The molecule has 0 aromatic carbocycles. The standard InChI is InChI=1S/C53H86N10O26.C10H21NO5.C7H12N2O4.C6H12O6.C2H6/c1-50(2)42(70)60(46(74)56-50)17-80-15-27-37(78-9)31(64)22(11-12-82-23-13-24(33(66)29(54)32(23)65)83-18-61-43(71)51(3,4)57-47(61)75)40(87-27)89-38-28(88-41(79-10)39(36(38)69)85-20-63-45(73)53(7,8)59-49(63)77)16-81-21-86-26-14-25(34(67)30(55)35(26)68)84-19-62-44(72)52(5,6)58-48(62)76;1-2-15-5-8-9(11)10(14)6(3-12)7(4-13)16-8;1-7(2)5(12)8(3-10)6(13)9(7)4-11;7-1-2-3(8)4(9)5(10)6(11)12-2;1-2/h22-41,64-69H,11-21,54-55H2,1-10H3,(H,56,74)(H,57,75)(H,58,76)(H,59,77);6-10,12-14H,2-5,11H2,1H3;10-11H,3-4H2,1-2H3;2-11H,1H2;1-2H3/t22?,23?,24-,25+,26?,27?,28?,29?,30?,31?,32+,33+,34+,35+,36?,37?,38?,39?,40?,41?;6-,7?,8+,9?,10-;;;/m01.../s1/i;;;;1D2. The fourth-order valence-corrected chi connectivity index (χ4v) is 16.1. The van der Waals surface area contributed by atoms with Crippen LogP contribution in [-0.2, 0) is 95.0 Å². The first-order valence-corrected chi connectivity index (χ1v) is 42.6. The summed E-state index contributed by atoms with van der Waals surface area (Å²) in [5, 5.41) is 170. The number of carbonyl (C=O) groups excluding carboxylic acids is 10. The Hall–Kier alpha value is -6.66. The third-order valence-electron chi connectivity index (χ3n) is 24.2. The molecule has 54 nitrogen and oxygen atoms in total. The van der Waals surface area contributed by atoms with Gasteiger partial charge in [-0.25, -0.2) is 48.5 Å². The van der Waals surface area contributed by atoms with Crippen molar-refractivity contribution < 1.29 is 203 Å². The third-order valence-corrected chi connectivity index (χ3v) is 24.2. The molecule has 21 unspecified atom stereocenters. The minimum atomic E-state index is -1.85. The van der Waals surface area contributed by atoms with Gasteiger partial charge in [0, 0.05) is 54.9 Å². The quantitative estimate of drug-likeness (QED) is 0.0162. The number of nitrogens with two attached hydrogens (primary N) is 3. The molecule has 11 aliphatic rings. The Morgan fingerprint density at radius 3 is 1.25 bits per heavy atom. The van der Waals surface area contributed by atoms with Gasteiger partial charge >= 0.3 is 30.2 Å². The number of ether oxygens (including phenoxy) is 15. The summed E-state index contributed by atoms with van der Waals surface area (Å²) < 4.78 is 100. The molecule has 0 bridgehead atoms. The summed E-state index contributed by atoms with van der Waals surface area (Å²) in [7, 11) is 2.48. The molecule has 30 atom stereocenters. The number of imide groups is 5. The highest BCUT2D eigenvalue weighted by atomic mass is 16.8. The van der Waals surface area contributed by atoms with E-state index < -0.39 is 344 Å². The first-order valence-electron chi connectivity index (χ1n) is 43.7. The van der Waals surface area contributed by atoms with Gasteiger partial charge in [0.1, 0.15) is 136 Å². The highest BCUT2D eigenvalue weighted by Crippen LogP contribution is 2.39. The number of methoxy groups -OCH3 is 2. The average molecular weight is 1920 g/mol. The van der Waals surface area contributed by atoms with Crippen LogP contribution < -0.4 is 38.5 Å². The van der Waals surface area contributed by atoms with Gasteiger partial charge in [0.2, 0.25) is 0 Å². The highest BCUT2D eigenvalue weighted by molar-refractivity contribution is 6.09. The number of nitrogens with zero attached hydrogens (tertiary/aromatic N) is 6. The molecule has 15 amide bonds. The van der Waals surface area contributed by atoms with Crippen molar-refractivity contribution in [3.05, 3.63) is 0 Å². The van der Waals surface area contributed by atoms with E-state index in [1.165, 1.54) is 90.4 Å². The van der Waals surface area contributed by atoms with Gasteiger partial charge in [-0.15, -0.1) is 0 Å². The molecule has 11 fully saturated rings. The molecule has 9 heterocycles. The lowest BCUT2D eigenvalue weighted by molar-refractivity contribution is -0.360. The van der Waals surface area contributed by atoms with Crippen LogP contribution in [0.4, 0.5) is 24.0 Å². The molecule has 2 aliphatic carbocycles. The van der Waals surface area contributed by atoms with Gasteiger partial charge in [-0.3, -0.25) is 28.9 Å². The number of nitrogens with one attached hydrogen (secondary N) is 4. The number of hydrogen-bond acceptors (Lipinski definition) is 44. The zero-order valence-corrected chi connectivity index (χ0v) is 75.9. The summed E-state index contributed by atoms with van der Waals surface area (Å²) in [6.45, 7) is 11.9. The second-order valence-electron chi connectivity index (χ2n) is 35.3. The van der Waals surface area contributed by atoms with Crippen LogP contribution in [0.2, 0.25) is 0 Å². The summed E-state index contributed by atoms with van der Waals surface area (Å²) in [6, 6.07) is -6.95. The maximum atomic E-state index is 13.3. The highest BCUT2D eigenvalue weighted by Gasteiger charge is 2.58. The van der Waals surface area contributed by atoms with Crippen LogP contribution in [0.25, 0.3) is 0 Å². The SMILES string of the molecule is CC1(C)C(=O)N(CO)C(=O)N1CO.CCOC[C@@H]1OC(CO)[C@@H](CO)[C@@H](O)C1N.COC1OC(COCOC2C[C@@H](OCN3C(=O)NC(C)(C)C3=O)[C@@H](O)C(N)[C@@H]2O)C(OC2OC(COCN3C(=O)NC(C)(C)C3=O)C(OC)C(O)C2CCOC2C[C@H](OCN3C(=O)NC(C)(C)C3=O)[C@@H](O)C(N)[C@@H]2O)C(O)C1OCN1C(=O)NC(C)(C)C1=O.OCC1OC(O)C(O)C(O)C1O.[2H]C([2H])C. The van der Waals surface area contributed by atoms with Gasteiger partial charge in [-0.05, 0) is 82.6 Å². The topological polar surface area (TPSA) is 778 Å². The van der Waals surface area contributed by atoms with Crippen LogP contribution in [0.15, 0.2) is 0 Å². The summed E-state index contributed by atoms with van der Waals surface area (Å²) in [6.07, 6.45) is -33.9. The van der Waals surface area contributed by atoms with E-state index in [1.807, 2.05) is 6.92 Å². The first-order chi connectivity index (χ1) is 62.6. The molecule has 2 saturated carbocycles. The van der Waals surface area contributed by atoms with Crippen molar-refractivity contribution in [2.24, 2.45) is 29.0 Å². The number of carbonyl (C=O) groups is 10. The lowest BCUT2D eigenvalue weighted by atomic mass is 9.85. The summed E-state index contributed by atoms with van der Waals surface area (Å²) >= 11 is 0. The Morgan fingerprint density at radius 1 is 0.409 bits per heavy atom. The van der Waals surface area contributed by atoms with Crippen LogP contribution in [0.5, 0.6) is 0 Å². The lowest BCUT2D eigenvalue weighted by Gasteiger charge is -2.48. The minimum absolute atomic E-state index is 0.201. The van der Waals surface area contributed by atoms with E-state index in [0.717, 1.165) is 24.5 Å². The Balaban J connectivity index is 0.000000437. The van der Waals surface area contributed by atoms with Crippen molar-refractivity contribution >= 4 is 59.7 Å². The largest absolute Gasteiger partial charge is 0.396 e. The number of hydrogen-bond donors (Lipinski definition) is 23. The maximum Gasteiger partial charge on any atom is 0.331 e. The first kappa shape index (κ1) is 109. The van der Waals surface area contributed by atoms with E-state index in [4.69, 9.17) is 132 Å². The predicted molar refractivity (Wildman–Crippen MR) is 439 cm³/mol. The lowest BCUT2D eigenvalue weighted by Crippen LogP contribution is -2.64. The number of aliphatic hydroxyl groups excluding tert-OH is 16. The molecule has 11 rings (SSSR count). The molecule has 0 spiro atoms. The minimum Gasteiger partial charge on any atom is -0.396 e. The second kappa shape index (κ2) is 48.1. The summed E-state index contributed by atoms with van der Waals surface area (Å²) in [5.41, 5.74) is 12.2. The Bertz CT molecular complexity index is 3870. The molecule has 0 aromatic rings. The van der Waals surface area contributed by atoms with Gasteiger partial charge in [-0.1, -0.05) is 13.8 Å². The van der Waals surface area contributed by atoms with Crippen molar-refractivity contribution in [3.8, 4) is 0 Å². The zero-order chi connectivity index (χ0) is 101. The Morgan fingerprint density at radius 2 is 0.841 bits per heavy atom. The molecular weight excluding hydrogens is 1770 g/mol. The normalized spacial score (nSPS) is 37.7. The molecule has 0 radical (unpaired) electrons. The van der Waals surface area contributed by atoms with Crippen LogP contribution in [0, 0.1) is 11.8 Å². The van der Waals surface area contributed by atoms with Gasteiger partial charge in [-0.2, -0.15) is 0 Å². The molecule has 760 valence electrons. The van der Waals surface area contributed by atoms with Crippen molar-refractivity contribution in [3.63, 3.8) is 0 Å².